The van der Waals surface area contributed by atoms with Crippen molar-refractivity contribution >= 4 is 11.6 Å². The largest absolute Gasteiger partial charge is 0.508 e. The van der Waals surface area contributed by atoms with Crippen LogP contribution in [0.15, 0.2) is 24.3 Å². The Labute approximate surface area is 76.6 Å². The zero-order valence-corrected chi connectivity index (χ0v) is 7.40. The fourth-order valence-electron chi connectivity index (χ4n) is 0.983. The van der Waals surface area contributed by atoms with Crippen LogP contribution in [0.4, 0.5) is 5.69 Å². The first kappa shape index (κ1) is 9.54. The van der Waals surface area contributed by atoms with E-state index in [1.807, 2.05) is 0 Å². The van der Waals surface area contributed by atoms with Crippen LogP contribution in [0, 0.1) is 0 Å². The van der Waals surface area contributed by atoms with Gasteiger partial charge in [-0.25, -0.2) is 0 Å². The van der Waals surface area contributed by atoms with E-state index in [1.54, 1.807) is 25.2 Å². The summed E-state index contributed by atoms with van der Waals surface area (Å²) < 4.78 is 0. The van der Waals surface area contributed by atoms with Gasteiger partial charge in [-0.3, -0.25) is 4.79 Å². The number of anilines is 1. The third-order valence-corrected chi connectivity index (χ3v) is 1.77. The van der Waals surface area contributed by atoms with Gasteiger partial charge >= 0.3 is 0 Å². The van der Waals surface area contributed by atoms with Crippen LogP contribution < -0.4 is 10.6 Å². The summed E-state index contributed by atoms with van der Waals surface area (Å²) in [6.45, 7) is -0.0356. The minimum Gasteiger partial charge on any atom is -0.508 e. The molecule has 1 amide bonds. The van der Waals surface area contributed by atoms with Crippen LogP contribution in [0.3, 0.4) is 0 Å². The standard InChI is InChI=1S/C9H12N2O2/c1-11(9(13)6-10)7-3-2-4-8(12)5-7/h2-5,12H,6,10H2,1H3. The van der Waals surface area contributed by atoms with Gasteiger partial charge in [0.15, 0.2) is 0 Å². The summed E-state index contributed by atoms with van der Waals surface area (Å²) in [4.78, 5) is 12.5. The number of nitrogens with two attached hydrogens (primary N) is 1. The number of carbonyl (C=O) groups excluding carboxylic acids is 1. The van der Waals surface area contributed by atoms with Gasteiger partial charge in [0.25, 0.3) is 0 Å². The van der Waals surface area contributed by atoms with Crippen LogP contribution in [-0.4, -0.2) is 24.6 Å². The van der Waals surface area contributed by atoms with Crippen molar-refractivity contribution in [2.24, 2.45) is 5.73 Å². The molecule has 0 heterocycles. The van der Waals surface area contributed by atoms with Crippen molar-refractivity contribution in [2.45, 2.75) is 0 Å². The van der Waals surface area contributed by atoms with E-state index in [0.717, 1.165) is 0 Å². The van der Waals surface area contributed by atoms with Crippen LogP contribution in [0.5, 0.6) is 5.75 Å². The highest BCUT2D eigenvalue weighted by atomic mass is 16.3. The van der Waals surface area contributed by atoms with Gasteiger partial charge in [0.05, 0.1) is 6.54 Å². The molecule has 1 aromatic rings. The number of phenolic OH excluding ortho intramolecular Hbond substituents is 1. The molecule has 0 aliphatic carbocycles. The molecule has 0 saturated heterocycles. The van der Waals surface area contributed by atoms with Crippen molar-refractivity contribution < 1.29 is 9.90 Å². The number of likely N-dealkylation sites (N-methyl/N-ethyl adjacent to an activating group) is 1. The summed E-state index contributed by atoms with van der Waals surface area (Å²) >= 11 is 0. The lowest BCUT2D eigenvalue weighted by Crippen LogP contribution is -2.32. The lowest BCUT2D eigenvalue weighted by atomic mass is 10.3. The van der Waals surface area contributed by atoms with Crippen molar-refractivity contribution in [2.75, 3.05) is 18.5 Å². The van der Waals surface area contributed by atoms with Gasteiger partial charge in [-0.1, -0.05) is 6.07 Å². The van der Waals surface area contributed by atoms with Crippen LogP contribution in [0.25, 0.3) is 0 Å². The Hall–Kier alpha value is -1.55. The Morgan fingerprint density at radius 1 is 1.62 bits per heavy atom. The SMILES string of the molecule is CN(C(=O)CN)c1cccc(O)c1. The van der Waals surface area contributed by atoms with Gasteiger partial charge in [-0.15, -0.1) is 0 Å². The first-order chi connectivity index (χ1) is 6.15. The fraction of sp³-hybridized carbons (Fsp3) is 0.222. The van der Waals surface area contributed by atoms with Crippen LogP contribution in [-0.2, 0) is 4.79 Å². The van der Waals surface area contributed by atoms with Gasteiger partial charge in [0, 0.05) is 18.8 Å². The molecule has 0 fully saturated rings. The highest BCUT2D eigenvalue weighted by Gasteiger charge is 2.08. The van der Waals surface area contributed by atoms with Crippen molar-refractivity contribution in [1.82, 2.24) is 0 Å². The molecule has 1 aromatic carbocycles. The Balaban J connectivity index is 2.88. The van der Waals surface area contributed by atoms with E-state index in [-0.39, 0.29) is 18.2 Å². The second kappa shape index (κ2) is 3.91. The Morgan fingerprint density at radius 2 is 2.31 bits per heavy atom. The Bertz CT molecular complexity index is 312. The highest BCUT2D eigenvalue weighted by molar-refractivity contribution is 5.94. The van der Waals surface area contributed by atoms with Crippen molar-refractivity contribution in [3.63, 3.8) is 0 Å². The summed E-state index contributed by atoms with van der Waals surface area (Å²) in [5, 5.41) is 9.15. The molecular formula is C9H12N2O2. The normalized spacial score (nSPS) is 9.69. The van der Waals surface area contributed by atoms with E-state index in [0.29, 0.717) is 5.69 Å². The number of hydrogen-bond donors (Lipinski definition) is 2. The fourth-order valence-corrected chi connectivity index (χ4v) is 0.983. The average Bonchev–Trinajstić information content (AvgIpc) is 2.15. The molecule has 0 unspecified atom stereocenters. The third kappa shape index (κ3) is 2.19. The van der Waals surface area contributed by atoms with E-state index in [2.05, 4.69) is 0 Å². The molecule has 70 valence electrons. The van der Waals surface area contributed by atoms with Crippen LogP contribution in [0.2, 0.25) is 0 Å². The number of amides is 1. The molecule has 1 rings (SSSR count). The lowest BCUT2D eigenvalue weighted by Gasteiger charge is -2.15. The van der Waals surface area contributed by atoms with E-state index in [1.165, 1.54) is 11.0 Å². The van der Waals surface area contributed by atoms with E-state index in [9.17, 15) is 4.79 Å². The molecule has 0 aliphatic rings. The summed E-state index contributed by atoms with van der Waals surface area (Å²) in [5.74, 6) is -0.0558. The monoisotopic (exact) mass is 180 g/mol. The van der Waals surface area contributed by atoms with E-state index < -0.39 is 0 Å². The summed E-state index contributed by atoms with van der Waals surface area (Å²) in [5.41, 5.74) is 5.83. The third-order valence-electron chi connectivity index (χ3n) is 1.77. The maximum atomic E-state index is 11.1. The molecule has 0 saturated carbocycles. The molecule has 0 bridgehead atoms. The van der Waals surface area contributed by atoms with Gasteiger partial charge in [-0.2, -0.15) is 0 Å². The maximum absolute atomic E-state index is 11.1. The number of phenols is 1. The number of rotatable bonds is 2. The summed E-state index contributed by atoms with van der Waals surface area (Å²) in [6.07, 6.45) is 0. The van der Waals surface area contributed by atoms with Crippen molar-refractivity contribution in [3.05, 3.63) is 24.3 Å². The number of aromatic hydroxyl groups is 1. The number of benzene rings is 1. The zero-order chi connectivity index (χ0) is 9.84. The molecule has 13 heavy (non-hydrogen) atoms. The molecule has 0 aromatic heterocycles. The topological polar surface area (TPSA) is 66.6 Å². The molecule has 0 aliphatic heterocycles. The predicted octanol–water partition coefficient (Wildman–Crippen LogP) is 0.314. The van der Waals surface area contributed by atoms with Crippen molar-refractivity contribution in [3.8, 4) is 5.75 Å². The summed E-state index contributed by atoms with van der Waals surface area (Å²) in [7, 11) is 1.62. The van der Waals surface area contributed by atoms with E-state index in [4.69, 9.17) is 10.8 Å². The number of carbonyl (C=O) groups is 1. The Kier molecular flexibility index (Phi) is 2.87. The average molecular weight is 180 g/mol. The second-order valence-electron chi connectivity index (χ2n) is 2.68. The van der Waals surface area contributed by atoms with Crippen molar-refractivity contribution in [1.29, 1.82) is 0 Å². The summed E-state index contributed by atoms with van der Waals surface area (Å²) in [6, 6.07) is 6.45. The van der Waals surface area contributed by atoms with Crippen LogP contribution >= 0.6 is 0 Å². The molecule has 0 spiro atoms. The van der Waals surface area contributed by atoms with Crippen LogP contribution in [0.1, 0.15) is 0 Å². The first-order valence-corrected chi connectivity index (χ1v) is 3.91. The second-order valence-corrected chi connectivity index (χ2v) is 2.68. The molecule has 0 atom stereocenters. The highest BCUT2D eigenvalue weighted by Crippen LogP contribution is 2.18. The van der Waals surface area contributed by atoms with Gasteiger partial charge in [0.1, 0.15) is 5.75 Å². The maximum Gasteiger partial charge on any atom is 0.240 e. The predicted molar refractivity (Wildman–Crippen MR) is 50.6 cm³/mol. The zero-order valence-electron chi connectivity index (χ0n) is 7.40. The number of hydrogen-bond acceptors (Lipinski definition) is 3. The first-order valence-electron chi connectivity index (χ1n) is 3.91. The molecule has 3 N–H and O–H groups in total. The Morgan fingerprint density at radius 3 is 2.85 bits per heavy atom. The quantitative estimate of drug-likeness (QED) is 0.688. The molecule has 4 heteroatoms. The molecular weight excluding hydrogens is 168 g/mol. The molecule has 0 radical (unpaired) electrons. The minimum atomic E-state index is -0.189. The minimum absolute atomic E-state index is 0.0356. The van der Waals surface area contributed by atoms with E-state index >= 15 is 0 Å². The molecule has 4 nitrogen and oxygen atoms in total. The van der Waals surface area contributed by atoms with Gasteiger partial charge in [-0.05, 0) is 12.1 Å². The number of nitrogens with zero attached hydrogens (tertiary/aromatic N) is 1. The lowest BCUT2D eigenvalue weighted by molar-refractivity contribution is -0.117. The van der Waals surface area contributed by atoms with Gasteiger partial charge in [0.2, 0.25) is 5.91 Å². The smallest absolute Gasteiger partial charge is 0.240 e. The van der Waals surface area contributed by atoms with Gasteiger partial charge < -0.3 is 15.7 Å².